The van der Waals surface area contributed by atoms with Gasteiger partial charge < -0.3 is 10.1 Å². The zero-order chi connectivity index (χ0) is 21.2. The van der Waals surface area contributed by atoms with Crippen molar-refractivity contribution < 1.29 is 19.1 Å². The summed E-state index contributed by atoms with van der Waals surface area (Å²) < 4.78 is 5.38. The smallest absolute Gasteiger partial charge is 0.276 e. The molecule has 7 heteroatoms. The van der Waals surface area contributed by atoms with Gasteiger partial charge >= 0.3 is 0 Å². The number of hydrogen-bond acceptors (Lipinski definition) is 4. The highest BCUT2D eigenvalue weighted by atomic mass is 16.5. The summed E-state index contributed by atoms with van der Waals surface area (Å²) in [5.74, 6) is -0.169. The van der Waals surface area contributed by atoms with Crippen molar-refractivity contribution >= 4 is 23.4 Å². The van der Waals surface area contributed by atoms with E-state index in [2.05, 4.69) is 23.1 Å². The number of hydrogen-bond donors (Lipinski definition) is 3. The molecule has 0 fully saturated rings. The average molecular weight is 397 g/mol. The van der Waals surface area contributed by atoms with E-state index in [0.29, 0.717) is 23.4 Å². The van der Waals surface area contributed by atoms with Crippen LogP contribution in [0.3, 0.4) is 0 Å². The van der Waals surface area contributed by atoms with Crippen molar-refractivity contribution in [2.45, 2.75) is 33.6 Å². The molecule has 0 saturated carbocycles. The maximum absolute atomic E-state index is 12.1. The molecule has 0 aliphatic heterocycles. The molecule has 0 aromatic heterocycles. The Morgan fingerprint density at radius 2 is 1.55 bits per heavy atom. The molecular formula is C22H27N3O4. The number of ether oxygens (including phenoxy) is 1. The van der Waals surface area contributed by atoms with Gasteiger partial charge in [-0.2, -0.15) is 0 Å². The molecule has 0 radical (unpaired) electrons. The van der Waals surface area contributed by atoms with Crippen molar-refractivity contribution in [1.82, 2.24) is 10.9 Å². The maximum atomic E-state index is 12.1. The van der Waals surface area contributed by atoms with Crippen LogP contribution in [0.4, 0.5) is 5.69 Å². The Morgan fingerprint density at radius 1 is 0.897 bits per heavy atom. The number of benzene rings is 2. The molecule has 0 saturated heterocycles. The number of carbonyl (C=O) groups excluding carboxylic acids is 3. The van der Waals surface area contributed by atoms with E-state index < -0.39 is 11.8 Å². The van der Waals surface area contributed by atoms with Crippen molar-refractivity contribution in [2.75, 3.05) is 11.9 Å². The van der Waals surface area contributed by atoms with Gasteiger partial charge in [0.15, 0.2) is 6.61 Å². The Morgan fingerprint density at radius 3 is 2.14 bits per heavy atom. The Balaban J connectivity index is 1.76. The van der Waals surface area contributed by atoms with Crippen LogP contribution < -0.4 is 20.9 Å². The quantitative estimate of drug-likeness (QED) is 0.597. The number of anilines is 1. The van der Waals surface area contributed by atoms with Crippen molar-refractivity contribution in [2.24, 2.45) is 5.92 Å². The van der Waals surface area contributed by atoms with E-state index in [1.54, 1.807) is 36.4 Å². The first-order chi connectivity index (χ1) is 13.9. The van der Waals surface area contributed by atoms with Gasteiger partial charge in [-0.05, 0) is 54.3 Å². The van der Waals surface area contributed by atoms with Gasteiger partial charge in [-0.15, -0.1) is 0 Å². The molecule has 0 aliphatic rings. The predicted octanol–water partition coefficient (Wildman–Crippen LogP) is 3.07. The molecule has 2 aromatic rings. The van der Waals surface area contributed by atoms with Crippen LogP contribution in [0.2, 0.25) is 0 Å². The van der Waals surface area contributed by atoms with Gasteiger partial charge in [0.05, 0.1) is 0 Å². The molecular weight excluding hydrogens is 370 g/mol. The number of aryl methyl sites for hydroxylation is 1. The fraction of sp³-hybridized carbons (Fsp3) is 0.318. The summed E-state index contributed by atoms with van der Waals surface area (Å²) >= 11 is 0. The van der Waals surface area contributed by atoms with Crippen LogP contribution in [0.15, 0.2) is 48.5 Å². The molecule has 2 rings (SSSR count). The topological polar surface area (TPSA) is 96.5 Å². The summed E-state index contributed by atoms with van der Waals surface area (Å²) in [5, 5.41) is 2.77. The summed E-state index contributed by atoms with van der Waals surface area (Å²) in [6.07, 6.45) is 1.36. The van der Waals surface area contributed by atoms with E-state index in [-0.39, 0.29) is 18.4 Å². The molecule has 154 valence electrons. The van der Waals surface area contributed by atoms with E-state index in [1.165, 1.54) is 5.56 Å². The first kappa shape index (κ1) is 21.9. The van der Waals surface area contributed by atoms with E-state index in [9.17, 15) is 14.4 Å². The second kappa shape index (κ2) is 10.8. The normalized spacial score (nSPS) is 10.3. The minimum Gasteiger partial charge on any atom is -0.484 e. The fourth-order valence-corrected chi connectivity index (χ4v) is 2.49. The largest absolute Gasteiger partial charge is 0.484 e. The maximum Gasteiger partial charge on any atom is 0.276 e. The SMILES string of the molecule is CCc1ccc(OCC(=O)NNC(=O)c2ccc(NC(=O)CC(C)C)cc2)cc1. The van der Waals surface area contributed by atoms with Gasteiger partial charge in [0.2, 0.25) is 5.91 Å². The molecule has 0 atom stereocenters. The third kappa shape index (κ3) is 7.65. The average Bonchev–Trinajstić information content (AvgIpc) is 2.70. The molecule has 7 nitrogen and oxygen atoms in total. The van der Waals surface area contributed by atoms with Gasteiger partial charge in [0.1, 0.15) is 5.75 Å². The lowest BCUT2D eigenvalue weighted by Crippen LogP contribution is -2.43. The zero-order valence-electron chi connectivity index (χ0n) is 17.0. The highest BCUT2D eigenvalue weighted by Gasteiger charge is 2.09. The fourth-order valence-electron chi connectivity index (χ4n) is 2.49. The summed E-state index contributed by atoms with van der Waals surface area (Å²) in [4.78, 5) is 35.7. The summed E-state index contributed by atoms with van der Waals surface area (Å²) in [7, 11) is 0. The van der Waals surface area contributed by atoms with E-state index in [1.807, 2.05) is 26.0 Å². The molecule has 0 aliphatic carbocycles. The van der Waals surface area contributed by atoms with Gasteiger partial charge in [-0.25, -0.2) is 0 Å². The third-order valence-electron chi connectivity index (χ3n) is 4.04. The lowest BCUT2D eigenvalue weighted by atomic mass is 10.1. The summed E-state index contributed by atoms with van der Waals surface area (Å²) in [6, 6.07) is 13.9. The van der Waals surface area contributed by atoms with Gasteiger partial charge in [0.25, 0.3) is 11.8 Å². The Bertz CT molecular complexity index is 830. The van der Waals surface area contributed by atoms with Crippen LogP contribution in [0.25, 0.3) is 0 Å². The lowest BCUT2D eigenvalue weighted by molar-refractivity contribution is -0.123. The summed E-state index contributed by atoms with van der Waals surface area (Å²) in [5.41, 5.74) is 6.78. The Hall–Kier alpha value is -3.35. The Labute approximate surface area is 170 Å². The standard InChI is InChI=1S/C22H27N3O4/c1-4-16-5-11-19(12-6-16)29-14-21(27)24-25-22(28)17-7-9-18(10-8-17)23-20(26)13-15(2)3/h5-12,15H,4,13-14H2,1-3H3,(H,23,26)(H,24,27)(H,25,28). The van der Waals surface area contributed by atoms with Crippen LogP contribution in [0.1, 0.15) is 43.1 Å². The molecule has 0 spiro atoms. The number of amides is 3. The van der Waals surface area contributed by atoms with Gasteiger partial charge in [-0.3, -0.25) is 25.2 Å². The first-order valence-electron chi connectivity index (χ1n) is 9.58. The molecule has 3 amide bonds. The van der Waals surface area contributed by atoms with Crippen molar-refractivity contribution in [1.29, 1.82) is 0 Å². The van der Waals surface area contributed by atoms with Gasteiger partial charge in [0, 0.05) is 17.7 Å². The predicted molar refractivity (Wildman–Crippen MR) is 111 cm³/mol. The molecule has 0 heterocycles. The van der Waals surface area contributed by atoms with Crippen LogP contribution in [-0.4, -0.2) is 24.3 Å². The van der Waals surface area contributed by atoms with Gasteiger partial charge in [-0.1, -0.05) is 32.9 Å². The highest BCUT2D eigenvalue weighted by Crippen LogP contribution is 2.13. The number of carbonyl (C=O) groups is 3. The second-order valence-electron chi connectivity index (χ2n) is 7.01. The molecule has 3 N–H and O–H groups in total. The second-order valence-corrected chi connectivity index (χ2v) is 7.01. The minimum atomic E-state index is -0.476. The van der Waals surface area contributed by atoms with Crippen LogP contribution in [-0.2, 0) is 16.0 Å². The molecule has 2 aromatic carbocycles. The Kier molecular flexibility index (Phi) is 8.21. The lowest BCUT2D eigenvalue weighted by Gasteiger charge is -2.10. The van der Waals surface area contributed by atoms with Crippen LogP contribution in [0, 0.1) is 5.92 Å². The molecule has 29 heavy (non-hydrogen) atoms. The molecule has 0 bridgehead atoms. The number of hydrazine groups is 1. The van der Waals surface area contributed by atoms with Crippen LogP contribution in [0.5, 0.6) is 5.75 Å². The van der Waals surface area contributed by atoms with Crippen molar-refractivity contribution in [3.63, 3.8) is 0 Å². The van der Waals surface area contributed by atoms with Crippen molar-refractivity contribution in [3.05, 3.63) is 59.7 Å². The first-order valence-corrected chi connectivity index (χ1v) is 9.58. The van der Waals surface area contributed by atoms with E-state index in [4.69, 9.17) is 4.74 Å². The zero-order valence-corrected chi connectivity index (χ0v) is 17.0. The van der Waals surface area contributed by atoms with Crippen molar-refractivity contribution in [3.8, 4) is 5.75 Å². The summed E-state index contributed by atoms with van der Waals surface area (Å²) in [6.45, 7) is 5.78. The molecule has 0 unspecified atom stereocenters. The number of nitrogens with one attached hydrogen (secondary N) is 3. The minimum absolute atomic E-state index is 0.0752. The monoisotopic (exact) mass is 397 g/mol. The van der Waals surface area contributed by atoms with E-state index >= 15 is 0 Å². The number of rotatable bonds is 8. The van der Waals surface area contributed by atoms with Crippen LogP contribution >= 0.6 is 0 Å². The third-order valence-corrected chi connectivity index (χ3v) is 4.04. The highest BCUT2D eigenvalue weighted by molar-refractivity contribution is 5.96. The van der Waals surface area contributed by atoms with E-state index in [0.717, 1.165) is 6.42 Å².